The van der Waals surface area contributed by atoms with E-state index < -0.39 is 0 Å². The van der Waals surface area contributed by atoms with Crippen LogP contribution in [0, 0.1) is 12.8 Å². The van der Waals surface area contributed by atoms with Crippen LogP contribution in [-0.2, 0) is 0 Å². The molecule has 1 N–H and O–H groups in total. The van der Waals surface area contributed by atoms with Crippen molar-refractivity contribution in [3.05, 3.63) is 22.3 Å². The maximum absolute atomic E-state index is 3.33. The third kappa shape index (κ3) is 1.11. The summed E-state index contributed by atoms with van der Waals surface area (Å²) in [5.41, 5.74) is 1.26. The fourth-order valence-corrected chi connectivity index (χ4v) is 1.62. The highest BCUT2D eigenvalue weighted by molar-refractivity contribution is 5.39. The Kier molecular flexibility index (Phi) is 1.38. The van der Waals surface area contributed by atoms with E-state index in [1.54, 1.807) is 0 Å². The van der Waals surface area contributed by atoms with Crippen molar-refractivity contribution in [2.45, 2.75) is 20.3 Å². The lowest BCUT2D eigenvalue weighted by atomic mass is 10.0. The molecular weight excluding hydrogens is 134 g/mol. The molecule has 1 unspecified atom stereocenters. The summed E-state index contributed by atoms with van der Waals surface area (Å²) in [6.45, 7) is 4.35. The molecule has 0 fully saturated rings. The van der Waals surface area contributed by atoms with Crippen molar-refractivity contribution in [2.75, 3.05) is 0 Å². The summed E-state index contributed by atoms with van der Waals surface area (Å²) in [7, 11) is 0. The number of hydrogen-bond acceptors (Lipinski definition) is 0. The van der Waals surface area contributed by atoms with Crippen LogP contribution >= 0.6 is 0 Å². The summed E-state index contributed by atoms with van der Waals surface area (Å²) in [5, 5.41) is 2.68. The van der Waals surface area contributed by atoms with Gasteiger partial charge in [0.1, 0.15) is 0 Å². The molecule has 1 heteroatoms. The zero-order chi connectivity index (χ0) is 7.84. The molecule has 2 rings (SSSR count). The highest BCUT2D eigenvalue weighted by Gasteiger charge is 2.01. The molecule has 0 aromatic carbocycles. The van der Waals surface area contributed by atoms with E-state index in [1.165, 1.54) is 22.7 Å². The molecule has 0 saturated heterocycles. The summed E-state index contributed by atoms with van der Waals surface area (Å²) < 4.78 is 0. The van der Waals surface area contributed by atoms with Gasteiger partial charge in [0.15, 0.2) is 0 Å². The second-order valence-electron chi connectivity index (χ2n) is 3.41. The van der Waals surface area contributed by atoms with Crippen LogP contribution in [0.4, 0.5) is 0 Å². The molecule has 0 spiro atoms. The molecule has 1 aliphatic carbocycles. The largest absolute Gasteiger partial charge is 0.359 e. The van der Waals surface area contributed by atoms with Crippen LogP contribution in [-0.4, -0.2) is 4.98 Å². The Morgan fingerprint density at radius 2 is 2.45 bits per heavy atom. The van der Waals surface area contributed by atoms with Crippen molar-refractivity contribution >= 4 is 12.2 Å². The molecule has 11 heavy (non-hydrogen) atoms. The van der Waals surface area contributed by atoms with E-state index in [2.05, 4.69) is 37.0 Å². The number of rotatable bonds is 0. The maximum atomic E-state index is 3.33. The fraction of sp³-hybridized carbons (Fsp3) is 0.400. The minimum absolute atomic E-state index is 0. The molecule has 0 aliphatic heterocycles. The van der Waals surface area contributed by atoms with Crippen LogP contribution in [0.25, 0.3) is 12.2 Å². The van der Waals surface area contributed by atoms with Crippen molar-refractivity contribution in [2.24, 2.45) is 5.92 Å². The van der Waals surface area contributed by atoms with E-state index in [0.717, 1.165) is 0 Å². The molecular formula is C10H15N. The van der Waals surface area contributed by atoms with Crippen molar-refractivity contribution in [1.82, 2.24) is 4.98 Å². The van der Waals surface area contributed by atoms with Gasteiger partial charge >= 0.3 is 0 Å². The van der Waals surface area contributed by atoms with Gasteiger partial charge in [0.05, 0.1) is 0 Å². The summed E-state index contributed by atoms with van der Waals surface area (Å²) in [6, 6.07) is 2.21. The lowest BCUT2D eigenvalue weighted by molar-refractivity contribution is 0.798. The highest BCUT2D eigenvalue weighted by atomic mass is 14.7. The van der Waals surface area contributed by atoms with Gasteiger partial charge in [-0.05, 0) is 30.5 Å². The van der Waals surface area contributed by atoms with E-state index in [1.807, 2.05) is 0 Å². The summed E-state index contributed by atoms with van der Waals surface area (Å²) in [4.78, 5) is 3.33. The zero-order valence-electron chi connectivity index (χ0n) is 7.02. The number of aromatic amines is 1. The molecule has 0 bridgehead atoms. The van der Waals surface area contributed by atoms with Gasteiger partial charge in [-0.15, -0.1) is 0 Å². The predicted octanol–water partition coefficient (Wildman–Crippen LogP) is 1.17. The fourth-order valence-electron chi connectivity index (χ4n) is 1.62. The lowest BCUT2D eigenvalue weighted by Gasteiger charge is -2.03. The van der Waals surface area contributed by atoms with Crippen LogP contribution in [0.5, 0.6) is 0 Å². The van der Waals surface area contributed by atoms with Crippen molar-refractivity contribution in [3.8, 4) is 0 Å². The van der Waals surface area contributed by atoms with Gasteiger partial charge < -0.3 is 4.98 Å². The van der Waals surface area contributed by atoms with Crippen LogP contribution in [0.3, 0.4) is 0 Å². The van der Waals surface area contributed by atoms with Crippen LogP contribution in [0.2, 0.25) is 0 Å². The van der Waals surface area contributed by atoms with Gasteiger partial charge in [-0.25, -0.2) is 0 Å². The van der Waals surface area contributed by atoms with Gasteiger partial charge in [0.25, 0.3) is 0 Å². The van der Waals surface area contributed by atoms with Crippen molar-refractivity contribution in [1.29, 1.82) is 0 Å². The molecule has 1 aromatic heterocycles. The van der Waals surface area contributed by atoms with Crippen molar-refractivity contribution in [3.63, 3.8) is 0 Å². The van der Waals surface area contributed by atoms with Gasteiger partial charge in [0.2, 0.25) is 0 Å². The van der Waals surface area contributed by atoms with Gasteiger partial charge in [-0.3, -0.25) is 0 Å². The average Bonchev–Trinajstić information content (AvgIpc) is 2.27. The topological polar surface area (TPSA) is 15.8 Å². The molecule has 1 heterocycles. The van der Waals surface area contributed by atoms with Crippen LogP contribution < -0.4 is 10.6 Å². The minimum Gasteiger partial charge on any atom is -0.359 e. The zero-order valence-corrected chi connectivity index (χ0v) is 7.02. The first-order valence-electron chi connectivity index (χ1n) is 4.13. The van der Waals surface area contributed by atoms with Crippen LogP contribution in [0.15, 0.2) is 6.07 Å². The summed E-state index contributed by atoms with van der Waals surface area (Å²) in [6.07, 6.45) is 5.79. The Morgan fingerprint density at radius 1 is 1.64 bits per heavy atom. The molecule has 1 atom stereocenters. The summed E-state index contributed by atoms with van der Waals surface area (Å²) in [5.74, 6) is 0.706. The normalized spacial score (nSPS) is 21.8. The molecule has 0 saturated carbocycles. The molecule has 60 valence electrons. The molecule has 1 aliphatic rings. The Balaban J connectivity index is 0.000000720. The first-order valence-corrected chi connectivity index (χ1v) is 4.13. The second kappa shape index (κ2) is 2.26. The van der Waals surface area contributed by atoms with E-state index in [0.29, 0.717) is 5.92 Å². The Bertz CT molecular complexity index is 375. The number of fused-ring (bicyclic) bond motifs is 1. The Labute approximate surface area is 67.9 Å². The first-order chi connectivity index (χ1) is 5.25. The Hall–Kier alpha value is -0.980. The monoisotopic (exact) mass is 149 g/mol. The smallest absolute Gasteiger partial charge is 0.0412 e. The van der Waals surface area contributed by atoms with Crippen LogP contribution in [0.1, 0.15) is 20.5 Å². The van der Waals surface area contributed by atoms with Gasteiger partial charge in [0, 0.05) is 12.5 Å². The first kappa shape index (κ1) is 6.71. The van der Waals surface area contributed by atoms with E-state index >= 15 is 0 Å². The average molecular weight is 149 g/mol. The maximum Gasteiger partial charge on any atom is 0.0412 e. The number of H-pyrrole nitrogens is 1. The third-order valence-corrected chi connectivity index (χ3v) is 2.17. The second-order valence-corrected chi connectivity index (χ2v) is 3.41. The highest BCUT2D eigenvalue weighted by Crippen LogP contribution is 2.05. The van der Waals surface area contributed by atoms with E-state index in [9.17, 15) is 0 Å². The Morgan fingerprint density at radius 3 is 3.27 bits per heavy atom. The third-order valence-electron chi connectivity index (χ3n) is 2.17. The lowest BCUT2D eigenvalue weighted by Crippen LogP contribution is -2.26. The van der Waals surface area contributed by atoms with E-state index in [-0.39, 0.29) is 1.43 Å². The predicted molar refractivity (Wildman–Crippen MR) is 49.6 cm³/mol. The number of aromatic nitrogens is 1. The SMILES string of the molecule is Cc1cc2c([nH]1)=CCC(C)C=2.[HH]. The molecule has 0 amide bonds. The number of aryl methyl sites for hydroxylation is 1. The molecule has 1 nitrogen and oxygen atoms in total. The molecule has 0 radical (unpaired) electrons. The minimum atomic E-state index is 0. The summed E-state index contributed by atoms with van der Waals surface area (Å²) >= 11 is 0. The number of nitrogens with one attached hydrogen (secondary N) is 1. The van der Waals surface area contributed by atoms with Gasteiger partial charge in [-0.2, -0.15) is 0 Å². The molecule has 1 aromatic rings. The van der Waals surface area contributed by atoms with E-state index in [4.69, 9.17) is 0 Å². The van der Waals surface area contributed by atoms with Crippen molar-refractivity contribution < 1.29 is 1.43 Å². The number of hydrogen-bond donors (Lipinski definition) is 1. The standard InChI is InChI=1S/C10H13N.H2/c1-7-3-4-10-9(5-7)6-8(2)11-10;/h4-7,11H,3H2,1-2H3;1H. The quantitative estimate of drug-likeness (QED) is 0.570. The van der Waals surface area contributed by atoms with Gasteiger partial charge in [-0.1, -0.05) is 19.1 Å².